The van der Waals surface area contributed by atoms with Gasteiger partial charge in [0.05, 0.1) is 21.1 Å². The van der Waals surface area contributed by atoms with E-state index in [1.54, 1.807) is 6.07 Å². The molecular weight excluding hydrogens is 257 g/mol. The fourth-order valence-corrected chi connectivity index (χ4v) is 2.14. The van der Waals surface area contributed by atoms with Gasteiger partial charge in [0, 0.05) is 5.92 Å². The van der Waals surface area contributed by atoms with Crippen LogP contribution in [-0.4, -0.2) is 16.5 Å². The molecular formula is C12H15Cl2N3. The summed E-state index contributed by atoms with van der Waals surface area (Å²) in [6.07, 6.45) is 2.03. The number of benzene rings is 1. The Bertz CT molecular complexity index is 483. The lowest BCUT2D eigenvalue weighted by Crippen LogP contribution is -2.02. The molecule has 0 saturated carbocycles. The summed E-state index contributed by atoms with van der Waals surface area (Å²) in [6, 6.07) is 3.60. The number of nitrogens with one attached hydrogen (secondary N) is 1. The Balaban J connectivity index is 2.31. The SMILES string of the molecule is CC(CCCN)c1nc2cc(Cl)c(Cl)cc2[nH]1. The lowest BCUT2D eigenvalue weighted by Gasteiger charge is -2.06. The highest BCUT2D eigenvalue weighted by molar-refractivity contribution is 6.42. The van der Waals surface area contributed by atoms with Crippen LogP contribution in [0.4, 0.5) is 0 Å². The van der Waals surface area contributed by atoms with Crippen molar-refractivity contribution in [3.05, 3.63) is 28.0 Å². The van der Waals surface area contributed by atoms with Crippen LogP contribution in [0.2, 0.25) is 10.0 Å². The van der Waals surface area contributed by atoms with E-state index in [4.69, 9.17) is 28.9 Å². The number of imidazole rings is 1. The molecule has 0 aliphatic rings. The summed E-state index contributed by atoms with van der Waals surface area (Å²) in [5, 5.41) is 1.08. The first kappa shape index (κ1) is 12.7. The Hall–Kier alpha value is -0.770. The summed E-state index contributed by atoms with van der Waals surface area (Å²) >= 11 is 11.9. The third-order valence-corrected chi connectivity index (χ3v) is 3.57. The molecule has 1 heterocycles. The van der Waals surface area contributed by atoms with Crippen molar-refractivity contribution in [3.63, 3.8) is 0 Å². The summed E-state index contributed by atoms with van der Waals surface area (Å²) in [4.78, 5) is 7.81. The Morgan fingerprint density at radius 2 is 2.06 bits per heavy atom. The first-order valence-corrected chi connectivity index (χ1v) is 6.42. The third kappa shape index (κ3) is 2.73. The molecule has 2 rings (SSSR count). The second kappa shape index (κ2) is 5.25. The largest absolute Gasteiger partial charge is 0.342 e. The maximum absolute atomic E-state index is 5.96. The number of H-pyrrole nitrogens is 1. The van der Waals surface area contributed by atoms with Gasteiger partial charge in [0.1, 0.15) is 5.82 Å². The van der Waals surface area contributed by atoms with Crippen molar-refractivity contribution in [2.24, 2.45) is 5.73 Å². The first-order valence-electron chi connectivity index (χ1n) is 5.66. The van der Waals surface area contributed by atoms with E-state index in [-0.39, 0.29) is 0 Å². The van der Waals surface area contributed by atoms with Gasteiger partial charge in [0.25, 0.3) is 0 Å². The number of rotatable bonds is 4. The molecule has 0 amide bonds. The predicted octanol–water partition coefficient (Wildman–Crippen LogP) is 3.71. The van der Waals surface area contributed by atoms with Crippen molar-refractivity contribution in [2.75, 3.05) is 6.54 Å². The van der Waals surface area contributed by atoms with Crippen LogP contribution in [0.3, 0.4) is 0 Å². The monoisotopic (exact) mass is 271 g/mol. The molecule has 1 aromatic carbocycles. The van der Waals surface area contributed by atoms with E-state index in [1.165, 1.54) is 0 Å². The van der Waals surface area contributed by atoms with Gasteiger partial charge in [-0.25, -0.2) is 4.98 Å². The molecule has 3 N–H and O–H groups in total. The second-order valence-electron chi connectivity index (χ2n) is 4.24. The van der Waals surface area contributed by atoms with Crippen molar-refractivity contribution in [2.45, 2.75) is 25.7 Å². The molecule has 17 heavy (non-hydrogen) atoms. The first-order chi connectivity index (χ1) is 8.11. The molecule has 3 nitrogen and oxygen atoms in total. The molecule has 0 radical (unpaired) electrons. The van der Waals surface area contributed by atoms with E-state index < -0.39 is 0 Å². The van der Waals surface area contributed by atoms with Crippen molar-refractivity contribution >= 4 is 34.2 Å². The summed E-state index contributed by atoms with van der Waals surface area (Å²) in [7, 11) is 0. The molecule has 2 aromatic rings. The fourth-order valence-electron chi connectivity index (χ4n) is 1.82. The summed E-state index contributed by atoms with van der Waals surface area (Å²) in [5.74, 6) is 1.33. The summed E-state index contributed by atoms with van der Waals surface area (Å²) < 4.78 is 0. The fraction of sp³-hybridized carbons (Fsp3) is 0.417. The smallest absolute Gasteiger partial charge is 0.110 e. The number of halogens is 2. The zero-order chi connectivity index (χ0) is 12.4. The number of fused-ring (bicyclic) bond motifs is 1. The number of aromatic amines is 1. The van der Waals surface area contributed by atoms with Gasteiger partial charge in [0.15, 0.2) is 0 Å². The Morgan fingerprint density at radius 1 is 1.35 bits per heavy atom. The standard InChI is InChI=1S/C12H15Cl2N3/c1-7(3-2-4-15)12-16-10-5-8(13)9(14)6-11(10)17-12/h5-7H,2-4,15H2,1H3,(H,16,17). The average molecular weight is 272 g/mol. The minimum atomic E-state index is 0.364. The molecule has 1 aromatic heterocycles. The van der Waals surface area contributed by atoms with E-state index >= 15 is 0 Å². The topological polar surface area (TPSA) is 54.7 Å². The van der Waals surface area contributed by atoms with Crippen LogP contribution in [0, 0.1) is 0 Å². The third-order valence-electron chi connectivity index (χ3n) is 2.85. The van der Waals surface area contributed by atoms with Crippen molar-refractivity contribution in [1.82, 2.24) is 9.97 Å². The number of nitrogens with two attached hydrogens (primary N) is 1. The van der Waals surface area contributed by atoms with E-state index in [0.717, 1.165) is 29.7 Å². The minimum Gasteiger partial charge on any atom is -0.342 e. The quantitative estimate of drug-likeness (QED) is 0.891. The number of hydrogen-bond acceptors (Lipinski definition) is 2. The highest BCUT2D eigenvalue weighted by atomic mass is 35.5. The van der Waals surface area contributed by atoms with Gasteiger partial charge < -0.3 is 10.7 Å². The van der Waals surface area contributed by atoms with Crippen LogP contribution >= 0.6 is 23.2 Å². The maximum Gasteiger partial charge on any atom is 0.110 e. The lowest BCUT2D eigenvalue weighted by molar-refractivity contribution is 0.616. The van der Waals surface area contributed by atoms with Gasteiger partial charge in [-0.05, 0) is 31.5 Å². The van der Waals surface area contributed by atoms with Crippen molar-refractivity contribution in [1.29, 1.82) is 0 Å². The number of hydrogen-bond donors (Lipinski definition) is 2. The Kier molecular flexibility index (Phi) is 3.92. The molecule has 0 bridgehead atoms. The minimum absolute atomic E-state index is 0.364. The molecule has 0 spiro atoms. The molecule has 0 aliphatic heterocycles. The van der Waals surface area contributed by atoms with Gasteiger partial charge in [-0.15, -0.1) is 0 Å². The molecule has 0 aliphatic carbocycles. The van der Waals surface area contributed by atoms with Crippen LogP contribution in [0.15, 0.2) is 12.1 Å². The van der Waals surface area contributed by atoms with E-state index in [0.29, 0.717) is 22.5 Å². The highest BCUT2D eigenvalue weighted by Gasteiger charge is 2.11. The van der Waals surface area contributed by atoms with Gasteiger partial charge in [-0.1, -0.05) is 30.1 Å². The molecule has 0 saturated heterocycles. The summed E-state index contributed by atoms with van der Waals surface area (Å²) in [6.45, 7) is 2.85. The van der Waals surface area contributed by atoms with Gasteiger partial charge in [0.2, 0.25) is 0 Å². The Morgan fingerprint density at radius 3 is 2.76 bits per heavy atom. The maximum atomic E-state index is 5.96. The molecule has 1 unspecified atom stereocenters. The van der Waals surface area contributed by atoms with Crippen molar-refractivity contribution < 1.29 is 0 Å². The zero-order valence-electron chi connectivity index (χ0n) is 9.63. The molecule has 92 valence electrons. The summed E-state index contributed by atoms with van der Waals surface area (Å²) in [5.41, 5.74) is 7.28. The van der Waals surface area contributed by atoms with Crippen molar-refractivity contribution in [3.8, 4) is 0 Å². The van der Waals surface area contributed by atoms with E-state index in [2.05, 4.69) is 16.9 Å². The van der Waals surface area contributed by atoms with Crippen LogP contribution in [-0.2, 0) is 0 Å². The molecule has 5 heteroatoms. The molecule has 0 fully saturated rings. The van der Waals surface area contributed by atoms with Crippen LogP contribution in [0.1, 0.15) is 31.5 Å². The number of nitrogens with zero attached hydrogens (tertiary/aromatic N) is 1. The van der Waals surface area contributed by atoms with Crippen LogP contribution < -0.4 is 5.73 Å². The van der Waals surface area contributed by atoms with E-state index in [1.807, 2.05) is 6.07 Å². The number of aromatic nitrogens is 2. The Labute approximate surface area is 110 Å². The van der Waals surface area contributed by atoms with Crippen LogP contribution in [0.5, 0.6) is 0 Å². The van der Waals surface area contributed by atoms with Gasteiger partial charge in [-0.2, -0.15) is 0 Å². The van der Waals surface area contributed by atoms with Gasteiger partial charge in [-0.3, -0.25) is 0 Å². The van der Waals surface area contributed by atoms with Gasteiger partial charge >= 0.3 is 0 Å². The average Bonchev–Trinajstić information content (AvgIpc) is 2.69. The second-order valence-corrected chi connectivity index (χ2v) is 5.05. The zero-order valence-corrected chi connectivity index (χ0v) is 11.1. The normalized spacial score (nSPS) is 13.2. The highest BCUT2D eigenvalue weighted by Crippen LogP contribution is 2.28. The van der Waals surface area contributed by atoms with E-state index in [9.17, 15) is 0 Å². The lowest BCUT2D eigenvalue weighted by atomic mass is 10.1. The predicted molar refractivity (Wildman–Crippen MR) is 72.8 cm³/mol. The van der Waals surface area contributed by atoms with Crippen LogP contribution in [0.25, 0.3) is 11.0 Å². The molecule has 1 atom stereocenters.